The van der Waals surface area contributed by atoms with Crippen LogP contribution in [0.3, 0.4) is 0 Å². The van der Waals surface area contributed by atoms with Crippen molar-refractivity contribution in [3.63, 3.8) is 0 Å². The van der Waals surface area contributed by atoms with E-state index in [1.807, 2.05) is 29.2 Å². The molecule has 2 saturated heterocycles. The first kappa shape index (κ1) is 18.6. The van der Waals surface area contributed by atoms with Gasteiger partial charge in [-0.2, -0.15) is 0 Å². The number of hydrogen-bond donors (Lipinski definition) is 0. The lowest BCUT2D eigenvalue weighted by Gasteiger charge is -2.55. The van der Waals surface area contributed by atoms with Crippen LogP contribution in [-0.2, 0) is 16.0 Å². The molecule has 0 N–H and O–H groups in total. The van der Waals surface area contributed by atoms with E-state index in [4.69, 9.17) is 4.74 Å². The van der Waals surface area contributed by atoms with Crippen molar-refractivity contribution < 1.29 is 9.53 Å². The van der Waals surface area contributed by atoms with E-state index in [1.54, 1.807) is 29.2 Å². The molecule has 2 fully saturated rings. The van der Waals surface area contributed by atoms with Gasteiger partial charge in [0.1, 0.15) is 6.29 Å². The van der Waals surface area contributed by atoms with E-state index in [0.29, 0.717) is 24.5 Å². The average molecular weight is 403 g/mol. The third-order valence-corrected chi connectivity index (χ3v) is 5.59. The lowest BCUT2D eigenvalue weighted by atomic mass is 9.78. The molecule has 2 aliphatic heterocycles. The largest absolute Gasteiger partial charge is 0.380 e. The summed E-state index contributed by atoms with van der Waals surface area (Å²) in [7, 11) is 0. The molecule has 0 aliphatic carbocycles. The Morgan fingerprint density at radius 3 is 2.47 bits per heavy atom. The van der Waals surface area contributed by atoms with Crippen LogP contribution in [0.15, 0.2) is 53.7 Å². The second kappa shape index (κ2) is 7.46. The van der Waals surface area contributed by atoms with Crippen molar-refractivity contribution in [2.45, 2.75) is 12.8 Å². The molecule has 1 aromatic carbocycles. The van der Waals surface area contributed by atoms with Crippen molar-refractivity contribution in [2.75, 3.05) is 31.2 Å². The lowest BCUT2D eigenvalue weighted by molar-refractivity contribution is -0.127. The first-order chi connectivity index (χ1) is 14.7. The van der Waals surface area contributed by atoms with E-state index in [-0.39, 0.29) is 11.0 Å². The number of aldehydes is 1. The fraction of sp³-hybridized carbons (Fsp3) is 0.318. The second-order valence-electron chi connectivity index (χ2n) is 7.90. The molecular formula is C22H21N5O3. The van der Waals surface area contributed by atoms with Crippen molar-refractivity contribution in [1.29, 1.82) is 0 Å². The topological polar surface area (TPSA) is 90.2 Å². The lowest BCUT2D eigenvalue weighted by Crippen LogP contribution is -2.67. The first-order valence-electron chi connectivity index (χ1n) is 9.94. The van der Waals surface area contributed by atoms with Gasteiger partial charge >= 0.3 is 0 Å². The molecule has 152 valence electrons. The fourth-order valence-electron chi connectivity index (χ4n) is 3.96. The van der Waals surface area contributed by atoms with Crippen LogP contribution in [0.2, 0.25) is 0 Å². The summed E-state index contributed by atoms with van der Waals surface area (Å²) in [6, 6.07) is 9.31. The van der Waals surface area contributed by atoms with E-state index in [1.165, 1.54) is 0 Å². The molecular weight excluding hydrogens is 382 g/mol. The van der Waals surface area contributed by atoms with Crippen molar-refractivity contribution in [2.24, 2.45) is 5.41 Å². The predicted molar refractivity (Wildman–Crippen MR) is 111 cm³/mol. The van der Waals surface area contributed by atoms with Crippen LogP contribution in [0, 0.1) is 5.41 Å². The van der Waals surface area contributed by atoms with Gasteiger partial charge in [0.05, 0.1) is 24.3 Å². The summed E-state index contributed by atoms with van der Waals surface area (Å²) < 4.78 is 6.94. The Balaban J connectivity index is 1.49. The van der Waals surface area contributed by atoms with Gasteiger partial charge in [0.2, 0.25) is 0 Å². The highest BCUT2D eigenvalue weighted by Gasteiger charge is 2.50. The molecule has 5 rings (SSSR count). The molecule has 0 amide bonds. The van der Waals surface area contributed by atoms with Gasteiger partial charge in [-0.1, -0.05) is 0 Å². The van der Waals surface area contributed by atoms with Crippen molar-refractivity contribution in [3.8, 4) is 17.1 Å². The molecule has 1 spiro atoms. The van der Waals surface area contributed by atoms with Crippen LogP contribution in [-0.4, -0.2) is 52.1 Å². The van der Waals surface area contributed by atoms with Crippen LogP contribution < -0.4 is 10.5 Å². The second-order valence-corrected chi connectivity index (χ2v) is 7.90. The number of nitrogens with zero attached hydrogens (tertiary/aromatic N) is 5. The summed E-state index contributed by atoms with van der Waals surface area (Å²) in [6.07, 6.45) is 6.85. The van der Waals surface area contributed by atoms with E-state index in [2.05, 4.69) is 15.0 Å². The maximum atomic E-state index is 13.2. The molecule has 4 heterocycles. The SMILES string of the molecule is O=CCCc1cn(-c2ccc(-c3ncccn3)cc2)c(=O)c(N2CC3(COC3)C2)n1. The van der Waals surface area contributed by atoms with Crippen molar-refractivity contribution in [3.05, 3.63) is 65.0 Å². The smallest absolute Gasteiger partial charge is 0.298 e. The zero-order chi connectivity index (χ0) is 20.6. The van der Waals surface area contributed by atoms with Gasteiger partial charge < -0.3 is 14.4 Å². The van der Waals surface area contributed by atoms with Gasteiger partial charge in [-0.3, -0.25) is 9.36 Å². The van der Waals surface area contributed by atoms with Gasteiger partial charge in [0.15, 0.2) is 11.6 Å². The molecule has 8 heteroatoms. The number of carbonyl (C=O) groups is 1. The van der Waals surface area contributed by atoms with Crippen LogP contribution in [0.25, 0.3) is 17.1 Å². The van der Waals surface area contributed by atoms with Crippen LogP contribution in [0.4, 0.5) is 5.82 Å². The first-order valence-corrected chi connectivity index (χ1v) is 9.94. The Kier molecular flexibility index (Phi) is 4.63. The standard InChI is InChI=1S/C22H21N5O3/c28-10-1-3-17-11-27(18-6-4-16(5-7-18)19-23-8-2-9-24-19)21(29)20(25-17)26-12-22(13-26)14-30-15-22/h2,4-11H,1,3,12-15H2. The quantitative estimate of drug-likeness (QED) is 0.578. The monoisotopic (exact) mass is 403 g/mol. The Labute approximate surface area is 173 Å². The molecule has 2 aliphatic rings. The minimum absolute atomic E-state index is 0.163. The van der Waals surface area contributed by atoms with Gasteiger partial charge in [0, 0.05) is 49.4 Å². The molecule has 0 atom stereocenters. The van der Waals surface area contributed by atoms with Crippen LogP contribution in [0.5, 0.6) is 0 Å². The molecule has 30 heavy (non-hydrogen) atoms. The zero-order valence-electron chi connectivity index (χ0n) is 16.4. The minimum Gasteiger partial charge on any atom is -0.380 e. The maximum absolute atomic E-state index is 13.2. The molecule has 0 saturated carbocycles. The maximum Gasteiger partial charge on any atom is 0.298 e. The molecule has 0 bridgehead atoms. The molecule has 2 aromatic heterocycles. The van der Waals surface area contributed by atoms with Crippen molar-refractivity contribution >= 4 is 12.1 Å². The Hall–Kier alpha value is -3.39. The fourth-order valence-corrected chi connectivity index (χ4v) is 3.96. The average Bonchev–Trinajstić information content (AvgIpc) is 2.72. The predicted octanol–water partition coefficient (Wildman–Crippen LogP) is 1.66. The number of ether oxygens (including phenoxy) is 1. The number of carbonyl (C=O) groups excluding carboxylic acids is 1. The van der Waals surface area contributed by atoms with E-state index in [9.17, 15) is 9.59 Å². The number of aromatic nitrogens is 4. The Morgan fingerprint density at radius 1 is 1.10 bits per heavy atom. The number of aryl methyl sites for hydroxylation is 1. The Bertz CT molecular complexity index is 1120. The molecule has 0 radical (unpaired) electrons. The zero-order valence-corrected chi connectivity index (χ0v) is 16.4. The summed E-state index contributed by atoms with van der Waals surface area (Å²) in [4.78, 5) is 39.2. The number of hydrogen-bond acceptors (Lipinski definition) is 7. The summed E-state index contributed by atoms with van der Waals surface area (Å²) in [6.45, 7) is 3.03. The van der Waals surface area contributed by atoms with Gasteiger partial charge in [0.25, 0.3) is 5.56 Å². The highest BCUT2D eigenvalue weighted by atomic mass is 16.5. The van der Waals surface area contributed by atoms with Gasteiger partial charge in [-0.05, 0) is 36.8 Å². The molecule has 3 aromatic rings. The van der Waals surface area contributed by atoms with Crippen molar-refractivity contribution in [1.82, 2.24) is 19.5 Å². The highest BCUT2D eigenvalue weighted by Crippen LogP contribution is 2.38. The van der Waals surface area contributed by atoms with E-state index in [0.717, 1.165) is 49.5 Å². The van der Waals surface area contributed by atoms with Gasteiger partial charge in [-0.15, -0.1) is 0 Å². The highest BCUT2D eigenvalue weighted by molar-refractivity contribution is 5.57. The van der Waals surface area contributed by atoms with E-state index >= 15 is 0 Å². The third-order valence-electron chi connectivity index (χ3n) is 5.59. The van der Waals surface area contributed by atoms with E-state index < -0.39 is 0 Å². The summed E-state index contributed by atoms with van der Waals surface area (Å²) in [5, 5.41) is 0. The molecule has 0 unspecified atom stereocenters. The minimum atomic E-state index is -0.163. The summed E-state index contributed by atoms with van der Waals surface area (Å²) >= 11 is 0. The van der Waals surface area contributed by atoms with Crippen LogP contribution >= 0.6 is 0 Å². The number of anilines is 1. The summed E-state index contributed by atoms with van der Waals surface area (Å²) in [5.41, 5.74) is 2.34. The molecule has 8 nitrogen and oxygen atoms in total. The summed E-state index contributed by atoms with van der Waals surface area (Å²) in [5.74, 6) is 1.07. The third kappa shape index (κ3) is 3.29. The van der Waals surface area contributed by atoms with Gasteiger partial charge in [-0.25, -0.2) is 15.0 Å². The number of rotatable bonds is 6. The van der Waals surface area contributed by atoms with Crippen LogP contribution in [0.1, 0.15) is 12.1 Å². The Morgan fingerprint density at radius 2 is 1.83 bits per heavy atom. The normalized spacial score (nSPS) is 16.7. The number of benzene rings is 1.